The van der Waals surface area contributed by atoms with Crippen LogP contribution in [0.15, 0.2) is 29.3 Å². The molecule has 0 aliphatic carbocycles. The first-order valence-electron chi connectivity index (χ1n) is 10.1. The number of hydrogen-bond acceptors (Lipinski definition) is 4. The molecule has 2 unspecified atom stereocenters. The van der Waals surface area contributed by atoms with E-state index in [1.807, 2.05) is 12.1 Å². The monoisotopic (exact) mass is 376 g/mol. The smallest absolute Gasteiger partial charge is 0.191 e. The van der Waals surface area contributed by atoms with Crippen LogP contribution < -0.4 is 15.4 Å². The highest BCUT2D eigenvalue weighted by Crippen LogP contribution is 2.24. The largest absolute Gasteiger partial charge is 0.497 e. The molecule has 1 aliphatic rings. The van der Waals surface area contributed by atoms with E-state index in [-0.39, 0.29) is 6.04 Å². The lowest BCUT2D eigenvalue weighted by Crippen LogP contribution is -2.45. The van der Waals surface area contributed by atoms with E-state index in [2.05, 4.69) is 55.4 Å². The van der Waals surface area contributed by atoms with Crippen LogP contribution in [0.3, 0.4) is 0 Å². The summed E-state index contributed by atoms with van der Waals surface area (Å²) in [6.07, 6.45) is 0. The lowest BCUT2D eigenvalue weighted by Gasteiger charge is -2.34. The molecule has 0 spiro atoms. The van der Waals surface area contributed by atoms with Gasteiger partial charge in [0.2, 0.25) is 0 Å². The molecule has 0 bridgehead atoms. The summed E-state index contributed by atoms with van der Waals surface area (Å²) in [7, 11) is 1.70. The Bertz CT molecular complexity index is 568. The first-order valence-corrected chi connectivity index (χ1v) is 10.1. The second-order valence-corrected chi connectivity index (χ2v) is 7.33. The predicted molar refractivity (Wildman–Crippen MR) is 112 cm³/mol. The minimum absolute atomic E-state index is 0.226. The fourth-order valence-corrected chi connectivity index (χ4v) is 3.03. The Morgan fingerprint density at radius 2 is 1.85 bits per heavy atom. The Labute approximate surface area is 164 Å². The van der Waals surface area contributed by atoms with Crippen LogP contribution in [0.1, 0.15) is 39.3 Å². The summed E-state index contributed by atoms with van der Waals surface area (Å²) in [5.74, 6) is 2.31. The third-order valence-electron chi connectivity index (χ3n) is 5.12. The van der Waals surface area contributed by atoms with Crippen molar-refractivity contribution < 1.29 is 9.47 Å². The molecule has 1 fully saturated rings. The lowest BCUT2D eigenvalue weighted by atomic mass is 10.0. The molecule has 6 nitrogen and oxygen atoms in total. The van der Waals surface area contributed by atoms with Crippen molar-refractivity contribution in [3.05, 3.63) is 29.8 Å². The maximum absolute atomic E-state index is 5.54. The van der Waals surface area contributed by atoms with Crippen molar-refractivity contribution in [2.75, 3.05) is 46.5 Å². The first kappa shape index (κ1) is 21.5. The van der Waals surface area contributed by atoms with Gasteiger partial charge in [0.25, 0.3) is 0 Å². The number of hydrogen-bond donors (Lipinski definition) is 2. The average molecular weight is 377 g/mol. The van der Waals surface area contributed by atoms with Gasteiger partial charge in [-0.3, -0.25) is 9.89 Å². The second kappa shape index (κ2) is 11.1. The summed E-state index contributed by atoms with van der Waals surface area (Å²) in [5.41, 5.74) is 1.26. The van der Waals surface area contributed by atoms with Crippen LogP contribution in [-0.4, -0.2) is 63.4 Å². The third-order valence-corrected chi connectivity index (χ3v) is 5.12. The van der Waals surface area contributed by atoms with Gasteiger partial charge in [-0.05, 0) is 37.5 Å². The van der Waals surface area contributed by atoms with Crippen LogP contribution in [0.2, 0.25) is 0 Å². The van der Waals surface area contributed by atoms with Gasteiger partial charge in [-0.2, -0.15) is 0 Å². The van der Waals surface area contributed by atoms with E-state index in [4.69, 9.17) is 14.5 Å². The molecule has 2 atom stereocenters. The SMILES string of the molecule is CCNC(=NCC(c1ccc(OC)cc1)N1CCOCC1)NC(C)C(C)C. The number of rotatable bonds is 8. The topological polar surface area (TPSA) is 58.1 Å². The number of methoxy groups -OCH3 is 1. The van der Waals surface area contributed by atoms with Gasteiger partial charge in [-0.1, -0.05) is 26.0 Å². The third kappa shape index (κ3) is 6.70. The van der Waals surface area contributed by atoms with Gasteiger partial charge in [0.05, 0.1) is 32.9 Å². The van der Waals surface area contributed by atoms with E-state index in [1.54, 1.807) is 7.11 Å². The van der Waals surface area contributed by atoms with Crippen LogP contribution in [0.4, 0.5) is 0 Å². The predicted octanol–water partition coefficient (Wildman–Crippen LogP) is 2.67. The minimum Gasteiger partial charge on any atom is -0.497 e. The molecule has 1 aromatic rings. The fraction of sp³-hybridized carbons (Fsp3) is 0.667. The first-order chi connectivity index (χ1) is 13.0. The molecule has 27 heavy (non-hydrogen) atoms. The minimum atomic E-state index is 0.226. The number of nitrogens with one attached hydrogen (secondary N) is 2. The molecule has 1 heterocycles. The highest BCUT2D eigenvalue weighted by molar-refractivity contribution is 5.80. The highest BCUT2D eigenvalue weighted by Gasteiger charge is 2.23. The quantitative estimate of drug-likeness (QED) is 0.540. The summed E-state index contributed by atoms with van der Waals surface area (Å²) in [6, 6.07) is 8.93. The number of nitrogens with zero attached hydrogens (tertiary/aromatic N) is 2. The van der Waals surface area contributed by atoms with Crippen LogP contribution >= 0.6 is 0 Å². The van der Waals surface area contributed by atoms with Crippen LogP contribution in [0.5, 0.6) is 5.75 Å². The molecule has 0 saturated carbocycles. The van der Waals surface area contributed by atoms with Crippen molar-refractivity contribution in [1.29, 1.82) is 0 Å². The van der Waals surface area contributed by atoms with Gasteiger partial charge in [0.15, 0.2) is 5.96 Å². The maximum atomic E-state index is 5.54. The summed E-state index contributed by atoms with van der Waals surface area (Å²) in [5, 5.41) is 6.89. The standard InChI is InChI=1S/C21H36N4O2/c1-6-22-21(24-17(4)16(2)3)23-15-20(25-11-13-27-14-12-25)18-7-9-19(26-5)10-8-18/h7-10,16-17,20H,6,11-15H2,1-5H3,(H2,22,23,24). The number of aliphatic imine (C=N–C) groups is 1. The number of benzene rings is 1. The van der Waals surface area contributed by atoms with E-state index in [9.17, 15) is 0 Å². The van der Waals surface area contributed by atoms with Gasteiger partial charge < -0.3 is 20.1 Å². The number of ether oxygens (including phenoxy) is 2. The number of guanidine groups is 1. The summed E-state index contributed by atoms with van der Waals surface area (Å²) >= 11 is 0. The Balaban J connectivity index is 2.17. The molecule has 1 saturated heterocycles. The molecule has 2 rings (SSSR count). The van der Waals surface area contributed by atoms with E-state index in [0.29, 0.717) is 18.5 Å². The van der Waals surface area contributed by atoms with Crippen LogP contribution in [0.25, 0.3) is 0 Å². The molecule has 0 aromatic heterocycles. The van der Waals surface area contributed by atoms with Gasteiger partial charge >= 0.3 is 0 Å². The van der Waals surface area contributed by atoms with Crippen molar-refractivity contribution >= 4 is 5.96 Å². The summed E-state index contributed by atoms with van der Waals surface area (Å²) < 4.78 is 10.9. The van der Waals surface area contributed by atoms with Gasteiger partial charge in [-0.15, -0.1) is 0 Å². The van der Waals surface area contributed by atoms with E-state index in [1.165, 1.54) is 5.56 Å². The molecule has 152 valence electrons. The van der Waals surface area contributed by atoms with Gasteiger partial charge in [0, 0.05) is 25.7 Å². The Morgan fingerprint density at radius 3 is 2.41 bits per heavy atom. The van der Waals surface area contributed by atoms with Gasteiger partial charge in [0.1, 0.15) is 5.75 Å². The molecule has 1 aliphatic heterocycles. The normalized spacial score (nSPS) is 18.2. The summed E-state index contributed by atoms with van der Waals surface area (Å²) in [4.78, 5) is 7.37. The molecule has 1 aromatic carbocycles. The Kier molecular flexibility index (Phi) is 8.88. The molecule has 6 heteroatoms. The molecule has 0 amide bonds. The van der Waals surface area contributed by atoms with Crippen molar-refractivity contribution in [2.45, 2.75) is 39.8 Å². The van der Waals surface area contributed by atoms with Crippen molar-refractivity contribution in [2.24, 2.45) is 10.9 Å². The molecular weight excluding hydrogens is 340 g/mol. The average Bonchev–Trinajstić information content (AvgIpc) is 2.69. The Morgan fingerprint density at radius 1 is 1.19 bits per heavy atom. The molecular formula is C21H36N4O2. The zero-order valence-electron chi connectivity index (χ0n) is 17.5. The van der Waals surface area contributed by atoms with Crippen molar-refractivity contribution in [3.8, 4) is 5.75 Å². The number of morpholine rings is 1. The van der Waals surface area contributed by atoms with Crippen molar-refractivity contribution in [3.63, 3.8) is 0 Å². The van der Waals surface area contributed by atoms with E-state index >= 15 is 0 Å². The second-order valence-electron chi connectivity index (χ2n) is 7.33. The molecule has 2 N–H and O–H groups in total. The van der Waals surface area contributed by atoms with E-state index in [0.717, 1.165) is 44.6 Å². The molecule has 0 radical (unpaired) electrons. The van der Waals surface area contributed by atoms with Crippen molar-refractivity contribution in [1.82, 2.24) is 15.5 Å². The Hall–Kier alpha value is -1.79. The fourth-order valence-electron chi connectivity index (χ4n) is 3.03. The highest BCUT2D eigenvalue weighted by atomic mass is 16.5. The zero-order valence-corrected chi connectivity index (χ0v) is 17.5. The van der Waals surface area contributed by atoms with Crippen LogP contribution in [0, 0.1) is 5.92 Å². The maximum Gasteiger partial charge on any atom is 0.191 e. The zero-order chi connectivity index (χ0) is 19.6. The van der Waals surface area contributed by atoms with E-state index < -0.39 is 0 Å². The van der Waals surface area contributed by atoms with Gasteiger partial charge in [-0.25, -0.2) is 0 Å². The lowest BCUT2D eigenvalue weighted by molar-refractivity contribution is 0.0179. The summed E-state index contributed by atoms with van der Waals surface area (Å²) in [6.45, 7) is 13.7. The van der Waals surface area contributed by atoms with Crippen LogP contribution in [-0.2, 0) is 4.74 Å².